The summed E-state index contributed by atoms with van der Waals surface area (Å²) in [6.45, 7) is 5.11. The number of ether oxygens (including phenoxy) is 2. The van der Waals surface area contributed by atoms with E-state index in [0.29, 0.717) is 13.2 Å². The molecule has 1 amide bonds. The number of nitrogens with one attached hydrogen (secondary N) is 1. The van der Waals surface area contributed by atoms with E-state index in [1.165, 1.54) is 0 Å². The highest BCUT2D eigenvalue weighted by Crippen LogP contribution is 2.18. The van der Waals surface area contributed by atoms with Crippen molar-refractivity contribution in [2.45, 2.75) is 32.7 Å². The van der Waals surface area contributed by atoms with Crippen LogP contribution < -0.4 is 20.5 Å². The third kappa shape index (κ3) is 6.04. The van der Waals surface area contributed by atoms with Gasteiger partial charge in [0, 0.05) is 12.6 Å². The van der Waals surface area contributed by atoms with Gasteiger partial charge in [0.15, 0.2) is 0 Å². The number of carbonyl (C=O) groups is 1. The second-order valence-electron chi connectivity index (χ2n) is 5.08. The summed E-state index contributed by atoms with van der Waals surface area (Å²) in [5.41, 5.74) is 5.85. The smallest absolute Gasteiger partial charge is 0.237 e. The largest absolute Gasteiger partial charge is 0.497 e. The van der Waals surface area contributed by atoms with Crippen molar-refractivity contribution in [2.24, 2.45) is 11.7 Å². The van der Waals surface area contributed by atoms with E-state index in [9.17, 15) is 4.79 Å². The van der Waals surface area contributed by atoms with E-state index in [0.717, 1.165) is 24.3 Å². The SMILES string of the molecule is CCC(C)C(N)C(=O)NCCCOc1cccc(OC)c1. The summed E-state index contributed by atoms with van der Waals surface area (Å²) in [5, 5.41) is 2.84. The van der Waals surface area contributed by atoms with Crippen LogP contribution in [0.2, 0.25) is 0 Å². The van der Waals surface area contributed by atoms with E-state index in [4.69, 9.17) is 15.2 Å². The quantitative estimate of drug-likeness (QED) is 0.683. The van der Waals surface area contributed by atoms with Crippen LogP contribution in [-0.2, 0) is 4.79 Å². The fourth-order valence-corrected chi connectivity index (χ4v) is 1.79. The van der Waals surface area contributed by atoms with E-state index in [1.807, 2.05) is 38.1 Å². The molecule has 5 heteroatoms. The Balaban J connectivity index is 2.21. The molecule has 0 spiro atoms. The van der Waals surface area contributed by atoms with Crippen LogP contribution in [0.15, 0.2) is 24.3 Å². The normalized spacial score (nSPS) is 13.3. The summed E-state index contributed by atoms with van der Waals surface area (Å²) in [4.78, 5) is 11.8. The minimum Gasteiger partial charge on any atom is -0.497 e. The Hall–Kier alpha value is -1.75. The lowest BCUT2D eigenvalue weighted by Crippen LogP contribution is -2.45. The number of hydrogen-bond donors (Lipinski definition) is 2. The maximum Gasteiger partial charge on any atom is 0.237 e. The first-order valence-corrected chi connectivity index (χ1v) is 7.38. The lowest BCUT2D eigenvalue weighted by Gasteiger charge is -2.17. The van der Waals surface area contributed by atoms with Gasteiger partial charge in [-0.3, -0.25) is 4.79 Å². The summed E-state index contributed by atoms with van der Waals surface area (Å²) in [5.74, 6) is 1.63. The number of hydrogen-bond acceptors (Lipinski definition) is 4. The molecule has 0 fully saturated rings. The fraction of sp³-hybridized carbons (Fsp3) is 0.562. The van der Waals surface area contributed by atoms with Gasteiger partial charge in [0.25, 0.3) is 0 Å². The molecule has 1 aromatic rings. The molecule has 118 valence electrons. The van der Waals surface area contributed by atoms with Gasteiger partial charge in [0.1, 0.15) is 11.5 Å². The van der Waals surface area contributed by atoms with Gasteiger partial charge in [-0.05, 0) is 24.5 Å². The van der Waals surface area contributed by atoms with E-state index >= 15 is 0 Å². The van der Waals surface area contributed by atoms with Crippen LogP contribution in [0.3, 0.4) is 0 Å². The van der Waals surface area contributed by atoms with Crippen LogP contribution in [0.25, 0.3) is 0 Å². The van der Waals surface area contributed by atoms with Crippen LogP contribution in [0.4, 0.5) is 0 Å². The Morgan fingerprint density at radius 1 is 1.38 bits per heavy atom. The fourth-order valence-electron chi connectivity index (χ4n) is 1.79. The summed E-state index contributed by atoms with van der Waals surface area (Å²) >= 11 is 0. The molecule has 0 aliphatic rings. The van der Waals surface area contributed by atoms with Gasteiger partial charge in [-0.2, -0.15) is 0 Å². The Morgan fingerprint density at radius 3 is 2.76 bits per heavy atom. The van der Waals surface area contributed by atoms with Gasteiger partial charge in [0.2, 0.25) is 5.91 Å². The first-order valence-electron chi connectivity index (χ1n) is 7.38. The van der Waals surface area contributed by atoms with E-state index in [-0.39, 0.29) is 11.8 Å². The van der Waals surface area contributed by atoms with Crippen molar-refractivity contribution in [1.29, 1.82) is 0 Å². The number of rotatable bonds is 9. The Labute approximate surface area is 126 Å². The lowest BCUT2D eigenvalue weighted by atomic mass is 9.99. The molecule has 0 aromatic heterocycles. The van der Waals surface area contributed by atoms with Gasteiger partial charge in [0.05, 0.1) is 19.8 Å². The molecule has 0 heterocycles. The molecule has 0 bridgehead atoms. The van der Waals surface area contributed by atoms with Gasteiger partial charge < -0.3 is 20.5 Å². The molecule has 0 saturated carbocycles. The highest BCUT2D eigenvalue weighted by atomic mass is 16.5. The molecule has 2 atom stereocenters. The van der Waals surface area contributed by atoms with Crippen molar-refractivity contribution in [2.75, 3.05) is 20.3 Å². The summed E-state index contributed by atoms with van der Waals surface area (Å²) in [6, 6.07) is 7.01. The minimum absolute atomic E-state index is 0.0919. The topological polar surface area (TPSA) is 73.6 Å². The van der Waals surface area contributed by atoms with Gasteiger partial charge in [-0.25, -0.2) is 0 Å². The monoisotopic (exact) mass is 294 g/mol. The zero-order chi connectivity index (χ0) is 15.7. The number of amides is 1. The average Bonchev–Trinajstić information content (AvgIpc) is 2.52. The minimum atomic E-state index is -0.436. The molecule has 3 N–H and O–H groups in total. The standard InChI is InChI=1S/C16H26N2O3/c1-4-12(2)15(17)16(19)18-9-6-10-21-14-8-5-7-13(11-14)20-3/h5,7-8,11-12,15H,4,6,9-10,17H2,1-3H3,(H,18,19). The summed E-state index contributed by atoms with van der Waals surface area (Å²) in [6.07, 6.45) is 1.63. The van der Waals surface area contributed by atoms with Gasteiger partial charge in [-0.1, -0.05) is 26.3 Å². The van der Waals surface area contributed by atoms with Crippen molar-refractivity contribution < 1.29 is 14.3 Å². The van der Waals surface area contributed by atoms with E-state index in [2.05, 4.69) is 5.32 Å². The molecule has 21 heavy (non-hydrogen) atoms. The van der Waals surface area contributed by atoms with Gasteiger partial charge >= 0.3 is 0 Å². The molecule has 0 radical (unpaired) electrons. The van der Waals surface area contributed by atoms with E-state index < -0.39 is 6.04 Å². The second-order valence-corrected chi connectivity index (χ2v) is 5.08. The number of carbonyl (C=O) groups excluding carboxylic acids is 1. The highest BCUT2D eigenvalue weighted by molar-refractivity contribution is 5.81. The van der Waals surface area contributed by atoms with Gasteiger partial charge in [-0.15, -0.1) is 0 Å². The maximum absolute atomic E-state index is 11.8. The molecule has 0 saturated heterocycles. The summed E-state index contributed by atoms with van der Waals surface area (Å²) < 4.78 is 10.7. The lowest BCUT2D eigenvalue weighted by molar-refractivity contribution is -0.123. The first-order chi connectivity index (χ1) is 10.1. The molecular weight excluding hydrogens is 268 g/mol. The number of methoxy groups -OCH3 is 1. The zero-order valence-electron chi connectivity index (χ0n) is 13.1. The third-order valence-electron chi connectivity index (χ3n) is 3.49. The average molecular weight is 294 g/mol. The van der Waals surface area contributed by atoms with E-state index in [1.54, 1.807) is 7.11 Å². The highest BCUT2D eigenvalue weighted by Gasteiger charge is 2.18. The molecule has 0 aliphatic carbocycles. The molecule has 1 aromatic carbocycles. The van der Waals surface area contributed by atoms with Crippen LogP contribution in [0.1, 0.15) is 26.7 Å². The van der Waals surface area contributed by atoms with Crippen LogP contribution >= 0.6 is 0 Å². The molecule has 2 unspecified atom stereocenters. The molecule has 0 aliphatic heterocycles. The molecule has 5 nitrogen and oxygen atoms in total. The van der Waals surface area contributed by atoms with Crippen LogP contribution in [0, 0.1) is 5.92 Å². The third-order valence-corrected chi connectivity index (χ3v) is 3.49. The zero-order valence-corrected chi connectivity index (χ0v) is 13.1. The van der Waals surface area contributed by atoms with Crippen molar-refractivity contribution in [3.8, 4) is 11.5 Å². The van der Waals surface area contributed by atoms with Crippen LogP contribution in [0.5, 0.6) is 11.5 Å². The molecule has 1 rings (SSSR count). The maximum atomic E-state index is 11.8. The first kappa shape index (κ1) is 17.3. The number of benzene rings is 1. The predicted octanol–water partition coefficient (Wildman–Crippen LogP) is 1.95. The Kier molecular flexibility index (Phi) is 7.61. The van der Waals surface area contributed by atoms with Crippen molar-refractivity contribution in [3.05, 3.63) is 24.3 Å². The Morgan fingerprint density at radius 2 is 2.10 bits per heavy atom. The van der Waals surface area contributed by atoms with Crippen LogP contribution in [-0.4, -0.2) is 32.2 Å². The van der Waals surface area contributed by atoms with Crippen molar-refractivity contribution in [3.63, 3.8) is 0 Å². The summed E-state index contributed by atoms with van der Waals surface area (Å²) in [7, 11) is 1.62. The van der Waals surface area contributed by atoms with Crippen molar-refractivity contribution >= 4 is 5.91 Å². The Bertz CT molecular complexity index is 437. The predicted molar refractivity (Wildman–Crippen MR) is 83.5 cm³/mol. The molecular formula is C16H26N2O3. The number of nitrogens with two attached hydrogens (primary N) is 1. The van der Waals surface area contributed by atoms with Crippen molar-refractivity contribution in [1.82, 2.24) is 5.32 Å². The second kappa shape index (κ2) is 9.23.